The maximum Gasteiger partial charge on any atom is 0.255 e. The molecule has 0 atom stereocenters. The van der Waals surface area contributed by atoms with Crippen molar-refractivity contribution < 1.29 is 9.13 Å². The highest BCUT2D eigenvalue weighted by Crippen LogP contribution is 2.14. The Kier molecular flexibility index (Phi) is 4.53. The van der Waals surface area contributed by atoms with Gasteiger partial charge in [0.15, 0.2) is 0 Å². The van der Waals surface area contributed by atoms with Crippen LogP contribution in [0.3, 0.4) is 0 Å². The molecular formula is C10H14FN3O. The molecule has 0 aliphatic rings. The molecule has 0 aromatic carbocycles. The van der Waals surface area contributed by atoms with Crippen LogP contribution in [0.1, 0.15) is 13.8 Å². The van der Waals surface area contributed by atoms with Gasteiger partial charge in [0.1, 0.15) is 6.61 Å². The molecule has 1 aromatic rings. The minimum atomic E-state index is -0.554. The van der Waals surface area contributed by atoms with Crippen LogP contribution in [0.4, 0.5) is 10.3 Å². The summed E-state index contributed by atoms with van der Waals surface area (Å²) in [5.74, 6) is -0.213. The topological polar surface area (TPSA) is 47.0 Å². The minimum Gasteiger partial charge on any atom is -0.471 e. The van der Waals surface area contributed by atoms with Crippen LogP contribution >= 0.6 is 0 Å². The van der Waals surface area contributed by atoms with E-state index in [1.807, 2.05) is 19.9 Å². The van der Waals surface area contributed by atoms with E-state index in [0.717, 1.165) is 6.20 Å². The fourth-order valence-corrected chi connectivity index (χ4v) is 0.919. The van der Waals surface area contributed by atoms with E-state index < -0.39 is 5.82 Å². The summed E-state index contributed by atoms with van der Waals surface area (Å²) >= 11 is 0. The second-order valence-corrected chi connectivity index (χ2v) is 2.76. The molecule has 15 heavy (non-hydrogen) atoms. The van der Waals surface area contributed by atoms with Gasteiger partial charge in [0.05, 0.1) is 6.20 Å². The molecule has 1 aromatic heterocycles. The maximum absolute atomic E-state index is 13.1. The summed E-state index contributed by atoms with van der Waals surface area (Å²) in [5, 5.41) is 2.88. The van der Waals surface area contributed by atoms with Crippen molar-refractivity contribution in [2.24, 2.45) is 0 Å². The van der Waals surface area contributed by atoms with E-state index in [1.165, 1.54) is 0 Å². The molecule has 0 radical (unpaired) electrons. The van der Waals surface area contributed by atoms with Crippen molar-refractivity contribution in [2.45, 2.75) is 13.8 Å². The molecule has 0 bridgehead atoms. The predicted molar refractivity (Wildman–Crippen MR) is 56.5 cm³/mol. The van der Waals surface area contributed by atoms with Crippen molar-refractivity contribution in [1.29, 1.82) is 0 Å². The number of rotatable bonds is 5. The summed E-state index contributed by atoms with van der Waals surface area (Å²) in [6.45, 7) is 4.76. The average molecular weight is 211 g/mol. The van der Waals surface area contributed by atoms with E-state index in [1.54, 1.807) is 6.08 Å². The molecule has 4 nitrogen and oxygen atoms in total. The zero-order valence-corrected chi connectivity index (χ0v) is 8.83. The molecule has 0 aliphatic heterocycles. The molecule has 0 saturated heterocycles. The lowest BCUT2D eigenvalue weighted by atomic mass is 10.5. The van der Waals surface area contributed by atoms with Crippen LogP contribution in [-0.4, -0.2) is 23.1 Å². The van der Waals surface area contributed by atoms with Crippen LogP contribution in [0, 0.1) is 5.82 Å². The van der Waals surface area contributed by atoms with Gasteiger partial charge < -0.3 is 10.1 Å². The van der Waals surface area contributed by atoms with Crippen LogP contribution in [0.5, 0.6) is 5.88 Å². The van der Waals surface area contributed by atoms with E-state index >= 15 is 0 Å². The third-order valence-electron chi connectivity index (χ3n) is 1.60. The Balaban J connectivity index is 2.71. The van der Waals surface area contributed by atoms with Gasteiger partial charge in [-0.25, -0.2) is 4.98 Å². The number of ether oxygens (including phenoxy) is 1. The Labute approximate surface area is 88.2 Å². The number of anilines is 1. The summed E-state index contributed by atoms with van der Waals surface area (Å²) in [6, 6.07) is 0. The lowest BCUT2D eigenvalue weighted by Crippen LogP contribution is -2.05. The second kappa shape index (κ2) is 5.95. The molecule has 0 unspecified atom stereocenters. The molecule has 0 amide bonds. The Morgan fingerprint density at radius 3 is 3.07 bits per heavy atom. The van der Waals surface area contributed by atoms with Crippen molar-refractivity contribution in [3.05, 3.63) is 24.2 Å². The molecule has 0 fully saturated rings. The SMILES string of the molecule is C/C=C/COc1nc(NCC)ncc1F. The van der Waals surface area contributed by atoms with Crippen molar-refractivity contribution in [3.8, 4) is 5.88 Å². The highest BCUT2D eigenvalue weighted by atomic mass is 19.1. The molecule has 5 heteroatoms. The van der Waals surface area contributed by atoms with Gasteiger partial charge in [0.25, 0.3) is 5.88 Å². The first kappa shape index (κ1) is 11.4. The Morgan fingerprint density at radius 1 is 1.60 bits per heavy atom. The Morgan fingerprint density at radius 2 is 2.40 bits per heavy atom. The fraction of sp³-hybridized carbons (Fsp3) is 0.400. The Hall–Kier alpha value is -1.65. The number of aromatic nitrogens is 2. The average Bonchev–Trinajstić information content (AvgIpc) is 2.23. The lowest BCUT2D eigenvalue weighted by Gasteiger charge is -2.05. The third-order valence-corrected chi connectivity index (χ3v) is 1.60. The van der Waals surface area contributed by atoms with Gasteiger partial charge in [-0.3, -0.25) is 0 Å². The summed E-state index contributed by atoms with van der Waals surface area (Å²) in [6.07, 6.45) is 4.69. The molecule has 0 saturated carbocycles. The van der Waals surface area contributed by atoms with Crippen molar-refractivity contribution in [3.63, 3.8) is 0 Å². The van der Waals surface area contributed by atoms with Crippen LogP contribution in [0.25, 0.3) is 0 Å². The number of halogens is 1. The van der Waals surface area contributed by atoms with Gasteiger partial charge in [-0.1, -0.05) is 12.2 Å². The summed E-state index contributed by atoms with van der Waals surface area (Å²) in [5.41, 5.74) is 0. The van der Waals surface area contributed by atoms with Gasteiger partial charge in [-0.05, 0) is 13.8 Å². The highest BCUT2D eigenvalue weighted by Gasteiger charge is 2.06. The number of allylic oxidation sites excluding steroid dienone is 1. The number of nitrogens with one attached hydrogen (secondary N) is 1. The molecule has 1 rings (SSSR count). The second-order valence-electron chi connectivity index (χ2n) is 2.76. The Bertz CT molecular complexity index is 341. The van der Waals surface area contributed by atoms with E-state index in [4.69, 9.17) is 4.74 Å². The summed E-state index contributed by atoms with van der Waals surface area (Å²) < 4.78 is 18.2. The van der Waals surface area contributed by atoms with E-state index in [2.05, 4.69) is 15.3 Å². The smallest absolute Gasteiger partial charge is 0.255 e. The van der Waals surface area contributed by atoms with Crippen LogP contribution in [-0.2, 0) is 0 Å². The largest absolute Gasteiger partial charge is 0.471 e. The first-order valence-corrected chi connectivity index (χ1v) is 4.78. The maximum atomic E-state index is 13.1. The molecule has 0 spiro atoms. The van der Waals surface area contributed by atoms with Crippen molar-refractivity contribution >= 4 is 5.95 Å². The zero-order chi connectivity index (χ0) is 11.1. The normalized spacial score (nSPS) is 10.6. The van der Waals surface area contributed by atoms with Crippen LogP contribution in [0.15, 0.2) is 18.3 Å². The number of nitrogens with zero attached hydrogens (tertiary/aromatic N) is 2. The standard InChI is InChI=1S/C10H14FN3O/c1-3-5-6-15-9-8(11)7-13-10(14-9)12-4-2/h3,5,7H,4,6H2,1-2H3,(H,12,13,14)/b5-3+. The van der Waals surface area contributed by atoms with Gasteiger partial charge >= 0.3 is 0 Å². The van der Waals surface area contributed by atoms with Crippen molar-refractivity contribution in [2.75, 3.05) is 18.5 Å². The van der Waals surface area contributed by atoms with Crippen LogP contribution in [0.2, 0.25) is 0 Å². The summed E-state index contributed by atoms with van der Waals surface area (Å²) in [4.78, 5) is 7.64. The lowest BCUT2D eigenvalue weighted by molar-refractivity contribution is 0.325. The molecule has 82 valence electrons. The zero-order valence-electron chi connectivity index (χ0n) is 8.83. The van der Waals surface area contributed by atoms with E-state index in [-0.39, 0.29) is 5.88 Å². The quantitative estimate of drug-likeness (QED) is 0.757. The third kappa shape index (κ3) is 3.53. The number of hydrogen-bond donors (Lipinski definition) is 1. The molecule has 0 aliphatic carbocycles. The van der Waals surface area contributed by atoms with Gasteiger partial charge in [0.2, 0.25) is 11.8 Å². The first-order valence-electron chi connectivity index (χ1n) is 4.78. The highest BCUT2D eigenvalue weighted by molar-refractivity contribution is 5.28. The van der Waals surface area contributed by atoms with E-state index in [9.17, 15) is 4.39 Å². The molecular weight excluding hydrogens is 197 g/mol. The number of hydrogen-bond acceptors (Lipinski definition) is 4. The van der Waals surface area contributed by atoms with Crippen LogP contribution < -0.4 is 10.1 Å². The first-order chi connectivity index (χ1) is 7.27. The van der Waals surface area contributed by atoms with E-state index in [0.29, 0.717) is 19.1 Å². The van der Waals surface area contributed by atoms with Gasteiger partial charge in [-0.2, -0.15) is 9.37 Å². The van der Waals surface area contributed by atoms with Gasteiger partial charge in [0, 0.05) is 6.54 Å². The predicted octanol–water partition coefficient (Wildman–Crippen LogP) is 2.00. The minimum absolute atomic E-state index is 0.0287. The van der Waals surface area contributed by atoms with Crippen molar-refractivity contribution in [1.82, 2.24) is 9.97 Å². The fourth-order valence-electron chi connectivity index (χ4n) is 0.919. The molecule has 1 heterocycles. The monoisotopic (exact) mass is 211 g/mol. The molecule has 1 N–H and O–H groups in total. The summed E-state index contributed by atoms with van der Waals surface area (Å²) in [7, 11) is 0. The van der Waals surface area contributed by atoms with Gasteiger partial charge in [-0.15, -0.1) is 0 Å².